The first-order chi connectivity index (χ1) is 15.1. The molecule has 4 rings (SSSR count). The standard InChI is InChI=1S/C29H35NO2/c1-19-16-24-25(28(2,3)15-14-26(24)30-18-21-6-7-21)17-22(19)11-8-20-9-12-23(13-10-20)29(4,5)27(31)32/h9-10,12-13,16-17,21,26,30H,6-7,14-15,18H2,1-5H3,(H,31,32). The van der Waals surface area contributed by atoms with Gasteiger partial charge >= 0.3 is 5.97 Å². The third kappa shape index (κ3) is 4.62. The maximum atomic E-state index is 11.5. The van der Waals surface area contributed by atoms with Gasteiger partial charge in [0.15, 0.2) is 0 Å². The number of carbonyl (C=O) groups is 1. The number of hydrogen-bond acceptors (Lipinski definition) is 2. The van der Waals surface area contributed by atoms with E-state index in [9.17, 15) is 9.90 Å². The third-order valence-electron chi connectivity index (χ3n) is 7.39. The van der Waals surface area contributed by atoms with E-state index in [0.717, 1.165) is 29.2 Å². The van der Waals surface area contributed by atoms with Crippen LogP contribution in [0.15, 0.2) is 36.4 Å². The van der Waals surface area contributed by atoms with Crippen LogP contribution in [0.2, 0.25) is 0 Å². The normalized spacial score (nSPS) is 19.6. The molecule has 0 bridgehead atoms. The highest BCUT2D eigenvalue weighted by atomic mass is 16.4. The molecule has 2 N–H and O–H groups in total. The first kappa shape index (κ1) is 22.6. The van der Waals surface area contributed by atoms with Crippen LogP contribution in [0, 0.1) is 24.7 Å². The number of carboxylic acids is 1. The SMILES string of the molecule is Cc1cc2c(cc1C#Cc1ccc(C(C)(C)C(=O)O)cc1)C(C)(C)CCC2NCC1CC1. The summed E-state index contributed by atoms with van der Waals surface area (Å²) in [5.41, 5.74) is 6.10. The first-order valence-corrected chi connectivity index (χ1v) is 11.8. The molecule has 2 aliphatic rings. The number of carboxylic acid groups (broad SMARTS) is 1. The summed E-state index contributed by atoms with van der Waals surface area (Å²) in [6.45, 7) is 11.4. The average Bonchev–Trinajstić information content (AvgIpc) is 3.57. The van der Waals surface area contributed by atoms with Crippen LogP contribution in [0.25, 0.3) is 0 Å². The Morgan fingerprint density at radius 1 is 1.12 bits per heavy atom. The van der Waals surface area contributed by atoms with E-state index >= 15 is 0 Å². The number of aliphatic carboxylic acids is 1. The van der Waals surface area contributed by atoms with Gasteiger partial charge in [0.2, 0.25) is 0 Å². The highest BCUT2D eigenvalue weighted by Crippen LogP contribution is 2.43. The second-order valence-electron chi connectivity index (χ2n) is 10.8. The highest BCUT2D eigenvalue weighted by molar-refractivity contribution is 5.80. The molecule has 0 aliphatic heterocycles. The third-order valence-corrected chi connectivity index (χ3v) is 7.39. The van der Waals surface area contributed by atoms with E-state index in [0.29, 0.717) is 6.04 Å². The predicted octanol–water partition coefficient (Wildman–Crippen LogP) is 5.87. The van der Waals surface area contributed by atoms with Gasteiger partial charge in [0.05, 0.1) is 5.41 Å². The number of fused-ring (bicyclic) bond motifs is 1. The molecule has 3 nitrogen and oxygen atoms in total. The second-order valence-corrected chi connectivity index (χ2v) is 10.8. The van der Waals surface area contributed by atoms with E-state index in [1.54, 1.807) is 13.8 Å². The topological polar surface area (TPSA) is 49.3 Å². The Kier molecular flexibility index (Phi) is 5.94. The van der Waals surface area contributed by atoms with Crippen molar-refractivity contribution in [2.24, 2.45) is 5.92 Å². The van der Waals surface area contributed by atoms with Crippen molar-refractivity contribution in [3.05, 3.63) is 69.8 Å². The molecule has 0 amide bonds. The summed E-state index contributed by atoms with van der Waals surface area (Å²) >= 11 is 0. The Morgan fingerprint density at radius 2 is 1.81 bits per heavy atom. The van der Waals surface area contributed by atoms with Gasteiger partial charge in [-0.05, 0) is 105 Å². The Labute approximate surface area is 192 Å². The van der Waals surface area contributed by atoms with Crippen molar-refractivity contribution >= 4 is 5.97 Å². The molecule has 1 fully saturated rings. The minimum atomic E-state index is -0.906. The lowest BCUT2D eigenvalue weighted by atomic mass is 9.70. The van der Waals surface area contributed by atoms with Gasteiger partial charge in [-0.25, -0.2) is 0 Å². The van der Waals surface area contributed by atoms with Crippen LogP contribution in [0.5, 0.6) is 0 Å². The molecule has 0 aromatic heterocycles. The molecule has 0 radical (unpaired) electrons. The Morgan fingerprint density at radius 3 is 2.44 bits per heavy atom. The molecule has 32 heavy (non-hydrogen) atoms. The fraction of sp³-hybridized carbons (Fsp3) is 0.483. The van der Waals surface area contributed by atoms with Crippen molar-refractivity contribution in [3.8, 4) is 11.8 Å². The molecular weight excluding hydrogens is 394 g/mol. The second kappa shape index (κ2) is 8.41. The summed E-state index contributed by atoms with van der Waals surface area (Å²) < 4.78 is 0. The highest BCUT2D eigenvalue weighted by Gasteiger charge is 2.34. The molecule has 1 unspecified atom stereocenters. The molecule has 2 aromatic carbocycles. The number of benzene rings is 2. The molecule has 2 aromatic rings. The van der Waals surface area contributed by atoms with Gasteiger partial charge in [0.25, 0.3) is 0 Å². The van der Waals surface area contributed by atoms with Gasteiger partial charge in [-0.2, -0.15) is 0 Å². The Bertz CT molecular complexity index is 1080. The zero-order valence-corrected chi connectivity index (χ0v) is 20.0. The zero-order valence-electron chi connectivity index (χ0n) is 20.0. The lowest BCUT2D eigenvalue weighted by molar-refractivity contribution is -0.142. The molecule has 1 atom stereocenters. The lowest BCUT2D eigenvalue weighted by Crippen LogP contribution is -2.33. The van der Waals surface area contributed by atoms with Gasteiger partial charge in [-0.3, -0.25) is 4.79 Å². The van der Waals surface area contributed by atoms with Gasteiger partial charge in [-0.15, -0.1) is 0 Å². The van der Waals surface area contributed by atoms with Crippen molar-refractivity contribution in [2.45, 2.75) is 77.2 Å². The van der Waals surface area contributed by atoms with Crippen LogP contribution >= 0.6 is 0 Å². The van der Waals surface area contributed by atoms with Crippen LogP contribution in [0.1, 0.15) is 92.8 Å². The number of aryl methyl sites for hydroxylation is 1. The fourth-order valence-electron chi connectivity index (χ4n) is 4.61. The van der Waals surface area contributed by atoms with E-state index in [-0.39, 0.29) is 5.41 Å². The minimum Gasteiger partial charge on any atom is -0.481 e. The molecular formula is C29H35NO2. The number of rotatable bonds is 5. The summed E-state index contributed by atoms with van der Waals surface area (Å²) in [5, 5.41) is 13.3. The maximum Gasteiger partial charge on any atom is 0.313 e. The van der Waals surface area contributed by atoms with E-state index in [4.69, 9.17) is 0 Å². The van der Waals surface area contributed by atoms with Crippen LogP contribution in [-0.2, 0) is 15.6 Å². The van der Waals surface area contributed by atoms with Crippen LogP contribution < -0.4 is 5.32 Å². The Hall–Kier alpha value is -2.57. The van der Waals surface area contributed by atoms with E-state index in [2.05, 4.69) is 50.1 Å². The predicted molar refractivity (Wildman–Crippen MR) is 130 cm³/mol. The van der Waals surface area contributed by atoms with E-state index < -0.39 is 11.4 Å². The van der Waals surface area contributed by atoms with Gasteiger partial charge < -0.3 is 10.4 Å². The van der Waals surface area contributed by atoms with Crippen molar-refractivity contribution < 1.29 is 9.90 Å². The fourth-order valence-corrected chi connectivity index (χ4v) is 4.61. The van der Waals surface area contributed by atoms with Crippen LogP contribution in [-0.4, -0.2) is 17.6 Å². The van der Waals surface area contributed by atoms with E-state index in [1.807, 2.05) is 24.3 Å². The quantitative estimate of drug-likeness (QED) is 0.585. The number of hydrogen-bond donors (Lipinski definition) is 2. The van der Waals surface area contributed by atoms with Crippen molar-refractivity contribution in [1.29, 1.82) is 0 Å². The zero-order chi connectivity index (χ0) is 23.1. The molecule has 0 heterocycles. The van der Waals surface area contributed by atoms with E-state index in [1.165, 1.54) is 42.4 Å². The van der Waals surface area contributed by atoms with Crippen molar-refractivity contribution in [3.63, 3.8) is 0 Å². The van der Waals surface area contributed by atoms with Gasteiger partial charge in [0.1, 0.15) is 0 Å². The molecule has 2 aliphatic carbocycles. The molecule has 3 heteroatoms. The molecule has 0 spiro atoms. The summed E-state index contributed by atoms with van der Waals surface area (Å²) in [7, 11) is 0. The van der Waals surface area contributed by atoms with Crippen molar-refractivity contribution in [2.75, 3.05) is 6.54 Å². The lowest BCUT2D eigenvalue weighted by Gasteiger charge is -2.38. The van der Waals surface area contributed by atoms with Crippen LogP contribution in [0.4, 0.5) is 0 Å². The van der Waals surface area contributed by atoms with Gasteiger partial charge in [-0.1, -0.05) is 43.9 Å². The molecule has 1 saturated carbocycles. The molecule has 0 saturated heterocycles. The van der Waals surface area contributed by atoms with Crippen LogP contribution in [0.3, 0.4) is 0 Å². The summed E-state index contributed by atoms with van der Waals surface area (Å²) in [4.78, 5) is 11.5. The minimum absolute atomic E-state index is 0.154. The number of nitrogens with one attached hydrogen (secondary N) is 1. The summed E-state index contributed by atoms with van der Waals surface area (Å²) in [5.74, 6) is 6.73. The largest absolute Gasteiger partial charge is 0.481 e. The molecule has 168 valence electrons. The summed E-state index contributed by atoms with van der Waals surface area (Å²) in [6, 6.07) is 12.7. The first-order valence-electron chi connectivity index (χ1n) is 11.8. The monoisotopic (exact) mass is 429 g/mol. The van der Waals surface area contributed by atoms with Gasteiger partial charge in [0, 0.05) is 17.2 Å². The smallest absolute Gasteiger partial charge is 0.313 e. The maximum absolute atomic E-state index is 11.5. The summed E-state index contributed by atoms with van der Waals surface area (Å²) in [6.07, 6.45) is 5.12. The Balaban J connectivity index is 1.60. The van der Waals surface area contributed by atoms with Crippen molar-refractivity contribution in [1.82, 2.24) is 5.32 Å². The average molecular weight is 430 g/mol.